The second-order valence-electron chi connectivity index (χ2n) is 17.9. The number of rotatable bonds is 6. The summed E-state index contributed by atoms with van der Waals surface area (Å²) in [7, 11) is 0. The molecule has 10 aromatic carbocycles. The van der Waals surface area contributed by atoms with Gasteiger partial charge in [0.05, 0.1) is 22.1 Å². The summed E-state index contributed by atoms with van der Waals surface area (Å²) in [4.78, 5) is 16.3. The molecule has 7 nitrogen and oxygen atoms in total. The number of benzene rings is 10. The van der Waals surface area contributed by atoms with Crippen molar-refractivity contribution in [2.24, 2.45) is 0 Å². The van der Waals surface area contributed by atoms with Crippen molar-refractivity contribution < 1.29 is 8.83 Å². The minimum Gasteiger partial charge on any atom is -0.456 e. The van der Waals surface area contributed by atoms with Crippen LogP contribution in [0, 0.1) is 0 Å². The van der Waals surface area contributed by atoms with Crippen molar-refractivity contribution in [2.45, 2.75) is 0 Å². The molecule has 0 saturated heterocycles. The Balaban J connectivity index is 0.992. The topological polar surface area (TPSA) is 74.8 Å². The van der Waals surface area contributed by atoms with Gasteiger partial charge in [-0.3, -0.25) is 4.57 Å². The van der Waals surface area contributed by atoms with Crippen LogP contribution in [-0.2, 0) is 0 Å². The minimum absolute atomic E-state index is 0.520. The molecule has 5 heterocycles. The molecule has 0 N–H and O–H groups in total. The molecular formula is C63H37N5O2. The first-order valence-electron chi connectivity index (χ1n) is 23.5. The zero-order valence-electron chi connectivity index (χ0n) is 37.4. The van der Waals surface area contributed by atoms with Gasteiger partial charge in [-0.25, -0.2) is 4.98 Å². The third-order valence-electron chi connectivity index (χ3n) is 14.0. The molecule has 0 fully saturated rings. The van der Waals surface area contributed by atoms with Crippen LogP contribution in [0.4, 0.5) is 0 Å². The number of nitrogens with zero attached hydrogens (tertiary/aromatic N) is 5. The SMILES string of the molecule is c1ccc(-c2nc(-c3cccc4oc5ccc(-c6cccc7oc8c(-c9ccccc9)cccc8c67)cc5c34)nc(-n3c4ccccc4c4ccc5c6ccccc6n(-c6ccccc6)c5c43)n2)cc1. The lowest BCUT2D eigenvalue weighted by Gasteiger charge is -2.13. The molecular weight excluding hydrogens is 859 g/mol. The summed E-state index contributed by atoms with van der Waals surface area (Å²) in [5.74, 6) is 1.63. The van der Waals surface area contributed by atoms with Gasteiger partial charge >= 0.3 is 0 Å². The molecule has 0 spiro atoms. The van der Waals surface area contributed by atoms with E-state index >= 15 is 0 Å². The van der Waals surface area contributed by atoms with Gasteiger partial charge in [-0.2, -0.15) is 9.97 Å². The van der Waals surface area contributed by atoms with E-state index in [2.05, 4.69) is 197 Å². The van der Waals surface area contributed by atoms with Gasteiger partial charge in [-0.15, -0.1) is 0 Å². The molecule has 5 aromatic heterocycles. The monoisotopic (exact) mass is 895 g/mol. The van der Waals surface area contributed by atoms with Gasteiger partial charge in [0.25, 0.3) is 0 Å². The molecule has 0 aliphatic carbocycles. The molecule has 0 unspecified atom stereocenters. The number of furan rings is 2. The van der Waals surface area contributed by atoms with Crippen LogP contribution < -0.4 is 0 Å². The second-order valence-corrected chi connectivity index (χ2v) is 17.9. The normalized spacial score (nSPS) is 12.0. The summed E-state index contributed by atoms with van der Waals surface area (Å²) in [5, 5.41) is 8.58. The molecule has 0 aliphatic heterocycles. The summed E-state index contributed by atoms with van der Waals surface area (Å²) in [6.07, 6.45) is 0. The average Bonchev–Trinajstić information content (AvgIpc) is 4.19. The fourth-order valence-corrected chi connectivity index (χ4v) is 11.0. The Morgan fingerprint density at radius 3 is 1.61 bits per heavy atom. The quantitative estimate of drug-likeness (QED) is 0.166. The first-order chi connectivity index (χ1) is 34.7. The number of hydrogen-bond donors (Lipinski definition) is 0. The van der Waals surface area contributed by atoms with Crippen LogP contribution >= 0.6 is 0 Å². The Bertz CT molecular complexity index is 4580. The smallest absolute Gasteiger partial charge is 0.238 e. The maximum Gasteiger partial charge on any atom is 0.238 e. The third kappa shape index (κ3) is 5.66. The third-order valence-corrected chi connectivity index (χ3v) is 14.0. The molecule has 15 rings (SSSR count). The Labute approximate surface area is 399 Å². The summed E-state index contributed by atoms with van der Waals surface area (Å²) in [6.45, 7) is 0. The van der Waals surface area contributed by atoms with Crippen LogP contribution in [0.25, 0.3) is 144 Å². The van der Waals surface area contributed by atoms with Gasteiger partial charge in [0.1, 0.15) is 22.3 Å². The van der Waals surface area contributed by atoms with Gasteiger partial charge < -0.3 is 13.4 Å². The van der Waals surface area contributed by atoms with Crippen molar-refractivity contribution in [3.63, 3.8) is 0 Å². The molecule has 0 radical (unpaired) electrons. The lowest BCUT2D eigenvalue weighted by Crippen LogP contribution is -2.07. The van der Waals surface area contributed by atoms with E-state index in [9.17, 15) is 0 Å². The van der Waals surface area contributed by atoms with Crippen molar-refractivity contribution in [3.8, 4) is 56.7 Å². The van der Waals surface area contributed by atoms with Crippen molar-refractivity contribution in [3.05, 3.63) is 224 Å². The van der Waals surface area contributed by atoms with E-state index in [1.165, 1.54) is 5.39 Å². The lowest BCUT2D eigenvalue weighted by molar-refractivity contribution is 0.669. The predicted octanol–water partition coefficient (Wildman–Crippen LogP) is 16.5. The van der Waals surface area contributed by atoms with Gasteiger partial charge in [0, 0.05) is 65.5 Å². The second kappa shape index (κ2) is 15.0. The van der Waals surface area contributed by atoms with E-state index in [4.69, 9.17) is 23.8 Å². The predicted molar refractivity (Wildman–Crippen MR) is 285 cm³/mol. The number of hydrogen-bond acceptors (Lipinski definition) is 5. The van der Waals surface area contributed by atoms with Crippen LogP contribution in [0.2, 0.25) is 0 Å². The van der Waals surface area contributed by atoms with Crippen molar-refractivity contribution >= 4 is 87.5 Å². The highest BCUT2D eigenvalue weighted by atomic mass is 16.3. The standard InChI is InChI=1S/C63H37N5O2/c1-4-17-38(18-5-1)43-26-14-27-48-56-42(25-15-32-55(56)70-60(43)48)40-33-36-53-50(37-40)57-49(28-16-31-54(57)69-53)62-64-61(39-19-6-2-7-20-39)65-63(66-62)68-52-30-13-11-24-45(52)47-35-34-46-44-23-10-12-29-51(44)67(58(46)59(47)68)41-21-8-3-9-22-41/h1-37H. The fourth-order valence-electron chi connectivity index (χ4n) is 11.0. The zero-order chi connectivity index (χ0) is 45.9. The zero-order valence-corrected chi connectivity index (χ0v) is 37.4. The lowest BCUT2D eigenvalue weighted by atomic mass is 9.96. The molecule has 0 aliphatic rings. The van der Waals surface area contributed by atoms with Gasteiger partial charge in [-0.05, 0) is 65.2 Å². The first-order valence-corrected chi connectivity index (χ1v) is 23.5. The molecule has 0 amide bonds. The highest BCUT2D eigenvalue weighted by molar-refractivity contribution is 6.24. The number of fused-ring (bicyclic) bond motifs is 13. The van der Waals surface area contributed by atoms with Gasteiger partial charge in [0.15, 0.2) is 11.6 Å². The molecule has 0 bridgehead atoms. The Morgan fingerprint density at radius 1 is 0.314 bits per heavy atom. The van der Waals surface area contributed by atoms with Crippen LogP contribution in [-0.4, -0.2) is 24.1 Å². The highest BCUT2D eigenvalue weighted by Gasteiger charge is 2.25. The van der Waals surface area contributed by atoms with Crippen molar-refractivity contribution in [1.82, 2.24) is 24.1 Å². The Kier molecular flexibility index (Phi) is 8.23. The van der Waals surface area contributed by atoms with Crippen molar-refractivity contribution in [2.75, 3.05) is 0 Å². The highest BCUT2D eigenvalue weighted by Crippen LogP contribution is 2.45. The Hall–Kier alpha value is -9.59. The number of aromatic nitrogens is 5. The molecule has 70 heavy (non-hydrogen) atoms. The van der Waals surface area contributed by atoms with Crippen molar-refractivity contribution in [1.29, 1.82) is 0 Å². The van der Waals surface area contributed by atoms with Crippen LogP contribution in [0.5, 0.6) is 0 Å². The van der Waals surface area contributed by atoms with Crippen LogP contribution in [0.1, 0.15) is 0 Å². The first kappa shape index (κ1) is 38.5. The van der Waals surface area contributed by atoms with E-state index < -0.39 is 0 Å². The summed E-state index contributed by atoms with van der Waals surface area (Å²) < 4.78 is 18.0. The summed E-state index contributed by atoms with van der Waals surface area (Å²) >= 11 is 0. The fraction of sp³-hybridized carbons (Fsp3) is 0. The van der Waals surface area contributed by atoms with Gasteiger partial charge in [-0.1, -0.05) is 176 Å². The number of para-hydroxylation sites is 4. The maximum atomic E-state index is 6.69. The van der Waals surface area contributed by atoms with Crippen LogP contribution in [0.15, 0.2) is 233 Å². The van der Waals surface area contributed by atoms with E-state index in [0.29, 0.717) is 17.6 Å². The van der Waals surface area contributed by atoms with E-state index in [1.54, 1.807) is 0 Å². The molecule has 0 saturated carbocycles. The molecule has 326 valence electrons. The van der Waals surface area contributed by atoms with E-state index in [-0.39, 0.29) is 0 Å². The minimum atomic E-state index is 0.520. The maximum absolute atomic E-state index is 6.69. The van der Waals surface area contributed by atoms with Gasteiger partial charge in [0.2, 0.25) is 5.95 Å². The summed E-state index contributed by atoms with van der Waals surface area (Å²) in [6, 6.07) is 78.3. The van der Waals surface area contributed by atoms with Crippen LogP contribution in [0.3, 0.4) is 0 Å². The summed E-state index contributed by atoms with van der Waals surface area (Å²) in [5.41, 5.74) is 14.6. The molecule has 7 heteroatoms. The molecule has 15 aromatic rings. The van der Waals surface area contributed by atoms with E-state index in [1.807, 2.05) is 36.4 Å². The Morgan fingerprint density at radius 2 is 0.871 bits per heavy atom. The average molecular weight is 896 g/mol. The molecule has 0 atom stereocenters. The largest absolute Gasteiger partial charge is 0.456 e. The van der Waals surface area contributed by atoms with E-state index in [0.717, 1.165) is 121 Å².